The number of thiazole rings is 1. The summed E-state index contributed by atoms with van der Waals surface area (Å²) in [5.74, 6) is 0.0295. The Balaban J connectivity index is 1.93. The SMILES string of the molecule is CCS(=O)(=O)c1ncc(CN(C)C(C)c2nc(C)sc2C)n1Cc1ccccc1. The lowest BCUT2D eigenvalue weighted by atomic mass is 10.2. The van der Waals surface area contributed by atoms with E-state index in [4.69, 9.17) is 0 Å². The van der Waals surface area contributed by atoms with Crippen molar-refractivity contribution in [1.82, 2.24) is 19.4 Å². The summed E-state index contributed by atoms with van der Waals surface area (Å²) in [5, 5.41) is 1.20. The molecule has 0 bridgehead atoms. The van der Waals surface area contributed by atoms with E-state index in [1.54, 1.807) is 24.5 Å². The third kappa shape index (κ3) is 4.76. The Morgan fingerprint density at radius 2 is 1.90 bits per heavy atom. The number of sulfone groups is 1. The summed E-state index contributed by atoms with van der Waals surface area (Å²) in [6, 6.07) is 9.99. The second kappa shape index (κ2) is 8.77. The normalized spacial score (nSPS) is 13.2. The maximum absolute atomic E-state index is 12.6. The highest BCUT2D eigenvalue weighted by molar-refractivity contribution is 7.91. The average molecular weight is 433 g/mol. The number of hydrogen-bond donors (Lipinski definition) is 0. The zero-order chi connectivity index (χ0) is 21.2. The van der Waals surface area contributed by atoms with E-state index in [9.17, 15) is 8.42 Å². The van der Waals surface area contributed by atoms with Gasteiger partial charge in [0.2, 0.25) is 15.0 Å². The molecule has 0 N–H and O–H groups in total. The molecule has 0 spiro atoms. The average Bonchev–Trinajstić information content (AvgIpc) is 3.24. The molecule has 0 fully saturated rings. The van der Waals surface area contributed by atoms with Crippen LogP contribution < -0.4 is 0 Å². The molecule has 0 radical (unpaired) electrons. The summed E-state index contributed by atoms with van der Waals surface area (Å²) in [7, 11) is -1.38. The lowest BCUT2D eigenvalue weighted by molar-refractivity contribution is 0.242. The summed E-state index contributed by atoms with van der Waals surface area (Å²) < 4.78 is 27.0. The van der Waals surface area contributed by atoms with Crippen LogP contribution in [0.5, 0.6) is 0 Å². The summed E-state index contributed by atoms with van der Waals surface area (Å²) in [5.41, 5.74) is 2.99. The molecule has 29 heavy (non-hydrogen) atoms. The lowest BCUT2D eigenvalue weighted by Crippen LogP contribution is -2.25. The maximum atomic E-state index is 12.6. The number of hydrogen-bond acceptors (Lipinski definition) is 6. The van der Waals surface area contributed by atoms with Gasteiger partial charge >= 0.3 is 0 Å². The van der Waals surface area contributed by atoms with Gasteiger partial charge in [0.05, 0.1) is 40.9 Å². The van der Waals surface area contributed by atoms with Gasteiger partial charge in [0, 0.05) is 11.4 Å². The standard InChI is InChI=1S/C21H28N4O2S2/c1-6-29(26,27)21-22-12-19(25(21)13-18-10-8-7-9-11-18)14-24(5)15(2)20-16(3)28-17(4)23-20/h7-12,15H,6,13-14H2,1-5H3. The van der Waals surface area contributed by atoms with Crippen LogP contribution in [-0.2, 0) is 22.9 Å². The van der Waals surface area contributed by atoms with Crippen LogP contribution in [0.15, 0.2) is 41.7 Å². The van der Waals surface area contributed by atoms with Crippen molar-refractivity contribution < 1.29 is 8.42 Å². The zero-order valence-electron chi connectivity index (χ0n) is 17.6. The van der Waals surface area contributed by atoms with Crippen LogP contribution in [0.4, 0.5) is 0 Å². The number of imidazole rings is 1. The number of rotatable bonds is 8. The monoisotopic (exact) mass is 432 g/mol. The van der Waals surface area contributed by atoms with Crippen LogP contribution in [0.25, 0.3) is 0 Å². The largest absolute Gasteiger partial charge is 0.313 e. The van der Waals surface area contributed by atoms with Crippen LogP contribution in [0.3, 0.4) is 0 Å². The first-order valence-electron chi connectivity index (χ1n) is 9.68. The highest BCUT2D eigenvalue weighted by atomic mass is 32.2. The molecular formula is C21H28N4O2S2. The first-order valence-corrected chi connectivity index (χ1v) is 12.1. The lowest BCUT2D eigenvalue weighted by Gasteiger charge is -2.24. The van der Waals surface area contributed by atoms with Gasteiger partial charge in [-0.15, -0.1) is 11.3 Å². The molecule has 2 heterocycles. The molecule has 0 saturated carbocycles. The van der Waals surface area contributed by atoms with Gasteiger partial charge in [-0.05, 0) is 33.4 Å². The minimum Gasteiger partial charge on any atom is -0.313 e. The molecule has 0 aliphatic heterocycles. The fraction of sp³-hybridized carbons (Fsp3) is 0.429. The molecule has 156 valence electrons. The van der Waals surface area contributed by atoms with Crippen LogP contribution >= 0.6 is 11.3 Å². The molecule has 2 aromatic heterocycles. The van der Waals surface area contributed by atoms with Crippen molar-refractivity contribution in [2.45, 2.75) is 52.0 Å². The zero-order valence-corrected chi connectivity index (χ0v) is 19.2. The second-order valence-corrected chi connectivity index (χ2v) is 10.9. The van der Waals surface area contributed by atoms with Crippen molar-refractivity contribution in [2.75, 3.05) is 12.8 Å². The van der Waals surface area contributed by atoms with Crippen molar-refractivity contribution in [1.29, 1.82) is 0 Å². The molecule has 0 aliphatic rings. The predicted molar refractivity (Wildman–Crippen MR) is 117 cm³/mol. The smallest absolute Gasteiger partial charge is 0.228 e. The van der Waals surface area contributed by atoms with Gasteiger partial charge in [-0.3, -0.25) is 4.90 Å². The van der Waals surface area contributed by atoms with E-state index >= 15 is 0 Å². The Morgan fingerprint density at radius 1 is 1.21 bits per heavy atom. The number of aryl methyl sites for hydroxylation is 2. The minimum atomic E-state index is -3.42. The van der Waals surface area contributed by atoms with Crippen molar-refractivity contribution in [3.05, 3.63) is 63.4 Å². The van der Waals surface area contributed by atoms with E-state index in [1.165, 1.54) is 4.88 Å². The summed E-state index contributed by atoms with van der Waals surface area (Å²) in [4.78, 5) is 12.4. The molecule has 3 aromatic rings. The highest BCUT2D eigenvalue weighted by Gasteiger charge is 2.24. The van der Waals surface area contributed by atoms with Gasteiger partial charge in [0.15, 0.2) is 0 Å². The Labute approximate surface area is 177 Å². The third-order valence-electron chi connectivity index (χ3n) is 5.15. The van der Waals surface area contributed by atoms with Crippen molar-refractivity contribution in [3.8, 4) is 0 Å². The van der Waals surface area contributed by atoms with Gasteiger partial charge in [-0.25, -0.2) is 18.4 Å². The maximum Gasteiger partial charge on any atom is 0.228 e. The first-order chi connectivity index (χ1) is 13.7. The number of aromatic nitrogens is 3. The number of benzene rings is 1. The van der Waals surface area contributed by atoms with E-state index < -0.39 is 9.84 Å². The van der Waals surface area contributed by atoms with Crippen LogP contribution in [0.1, 0.15) is 46.7 Å². The van der Waals surface area contributed by atoms with Crippen LogP contribution in [0, 0.1) is 13.8 Å². The van der Waals surface area contributed by atoms with Crippen LogP contribution in [0.2, 0.25) is 0 Å². The van der Waals surface area contributed by atoms with E-state index in [-0.39, 0.29) is 17.0 Å². The van der Waals surface area contributed by atoms with Gasteiger partial charge in [-0.1, -0.05) is 37.3 Å². The highest BCUT2D eigenvalue weighted by Crippen LogP contribution is 2.27. The third-order valence-corrected chi connectivity index (χ3v) is 7.70. The fourth-order valence-corrected chi connectivity index (χ4v) is 5.26. The van der Waals surface area contributed by atoms with E-state index in [0.717, 1.165) is 22.0 Å². The quantitative estimate of drug-likeness (QED) is 0.538. The summed E-state index contributed by atoms with van der Waals surface area (Å²) in [6.07, 6.45) is 1.69. The van der Waals surface area contributed by atoms with Gasteiger partial charge in [0.1, 0.15) is 0 Å². The Kier molecular flexibility index (Phi) is 6.55. The first kappa shape index (κ1) is 21.7. The molecule has 3 rings (SSSR count). The molecular weight excluding hydrogens is 404 g/mol. The van der Waals surface area contributed by atoms with E-state index in [0.29, 0.717) is 13.1 Å². The second-order valence-electron chi connectivity index (χ2n) is 7.27. The molecule has 6 nitrogen and oxygen atoms in total. The van der Waals surface area contributed by atoms with Gasteiger partial charge in [0.25, 0.3) is 0 Å². The molecule has 0 amide bonds. The van der Waals surface area contributed by atoms with E-state index in [2.05, 4.69) is 28.7 Å². The van der Waals surface area contributed by atoms with Crippen LogP contribution in [-0.4, -0.2) is 40.7 Å². The van der Waals surface area contributed by atoms with Gasteiger partial charge in [-0.2, -0.15) is 0 Å². The van der Waals surface area contributed by atoms with Crippen molar-refractivity contribution in [3.63, 3.8) is 0 Å². The molecule has 0 aliphatic carbocycles. The molecule has 0 saturated heterocycles. The van der Waals surface area contributed by atoms with Crippen molar-refractivity contribution >= 4 is 21.2 Å². The summed E-state index contributed by atoms with van der Waals surface area (Å²) >= 11 is 1.70. The van der Waals surface area contributed by atoms with Crippen molar-refractivity contribution in [2.24, 2.45) is 0 Å². The molecule has 1 atom stereocenters. The Morgan fingerprint density at radius 3 is 2.48 bits per heavy atom. The Hall–Kier alpha value is -2.03. The summed E-state index contributed by atoms with van der Waals surface area (Å²) in [6.45, 7) is 8.94. The topological polar surface area (TPSA) is 68.1 Å². The fourth-order valence-electron chi connectivity index (χ4n) is 3.36. The predicted octanol–water partition coefficient (Wildman–Crippen LogP) is 3.99. The molecule has 1 unspecified atom stereocenters. The molecule has 1 aromatic carbocycles. The minimum absolute atomic E-state index is 0.0295. The Bertz CT molecular complexity index is 1070. The van der Waals surface area contributed by atoms with Gasteiger partial charge < -0.3 is 4.57 Å². The molecule has 8 heteroatoms. The number of nitrogens with zero attached hydrogens (tertiary/aromatic N) is 4. The van der Waals surface area contributed by atoms with E-state index in [1.807, 2.05) is 48.9 Å².